The van der Waals surface area contributed by atoms with Gasteiger partial charge < -0.3 is 10.1 Å². The molecule has 20 heavy (non-hydrogen) atoms. The summed E-state index contributed by atoms with van der Waals surface area (Å²) < 4.78 is 4.83. The predicted octanol–water partition coefficient (Wildman–Crippen LogP) is 2.81. The molecule has 4 nitrogen and oxygen atoms in total. The summed E-state index contributed by atoms with van der Waals surface area (Å²) in [5.41, 5.74) is 0.439. The standard InChI is InChI=1S/C15H18ClNO3/c1-15(2,3)17-13(18)10-20-14(19)8-7-11-5-4-6-12(16)9-11/h4-9H,10H2,1-3H3,(H,17,18). The monoisotopic (exact) mass is 295 g/mol. The largest absolute Gasteiger partial charge is 0.452 e. The van der Waals surface area contributed by atoms with E-state index in [9.17, 15) is 9.59 Å². The Morgan fingerprint density at radius 3 is 2.65 bits per heavy atom. The van der Waals surface area contributed by atoms with Crippen molar-refractivity contribution in [1.29, 1.82) is 0 Å². The molecule has 0 fully saturated rings. The molecule has 1 amide bonds. The van der Waals surface area contributed by atoms with Crippen LogP contribution < -0.4 is 5.32 Å². The third kappa shape index (κ3) is 6.95. The van der Waals surface area contributed by atoms with Crippen molar-refractivity contribution in [2.24, 2.45) is 0 Å². The van der Waals surface area contributed by atoms with Crippen LogP contribution in [0.5, 0.6) is 0 Å². The summed E-state index contributed by atoms with van der Waals surface area (Å²) in [4.78, 5) is 22.9. The minimum absolute atomic E-state index is 0.296. The molecule has 1 aromatic rings. The lowest BCUT2D eigenvalue weighted by molar-refractivity contribution is -0.144. The Kier molecular flexibility index (Phi) is 5.77. The molecule has 0 unspecified atom stereocenters. The molecule has 0 aliphatic rings. The van der Waals surface area contributed by atoms with Crippen LogP contribution >= 0.6 is 11.6 Å². The van der Waals surface area contributed by atoms with E-state index < -0.39 is 5.97 Å². The number of nitrogens with one attached hydrogen (secondary N) is 1. The second-order valence-corrected chi connectivity index (χ2v) is 5.73. The first-order chi connectivity index (χ1) is 9.26. The van der Waals surface area contributed by atoms with Gasteiger partial charge in [-0.05, 0) is 44.5 Å². The topological polar surface area (TPSA) is 55.4 Å². The van der Waals surface area contributed by atoms with Crippen LogP contribution in [-0.4, -0.2) is 24.0 Å². The number of halogens is 1. The smallest absolute Gasteiger partial charge is 0.331 e. The fraction of sp³-hybridized carbons (Fsp3) is 0.333. The van der Waals surface area contributed by atoms with Crippen molar-refractivity contribution < 1.29 is 14.3 Å². The van der Waals surface area contributed by atoms with Gasteiger partial charge in [0.15, 0.2) is 6.61 Å². The lowest BCUT2D eigenvalue weighted by atomic mass is 10.1. The Balaban J connectivity index is 2.42. The van der Waals surface area contributed by atoms with Crippen molar-refractivity contribution in [2.75, 3.05) is 6.61 Å². The van der Waals surface area contributed by atoms with E-state index in [-0.39, 0.29) is 18.1 Å². The lowest BCUT2D eigenvalue weighted by Gasteiger charge is -2.20. The number of ether oxygens (including phenoxy) is 1. The van der Waals surface area contributed by atoms with Gasteiger partial charge in [-0.1, -0.05) is 23.7 Å². The first-order valence-electron chi connectivity index (χ1n) is 6.18. The van der Waals surface area contributed by atoms with Gasteiger partial charge in [-0.2, -0.15) is 0 Å². The van der Waals surface area contributed by atoms with Crippen LogP contribution in [0.15, 0.2) is 30.3 Å². The van der Waals surface area contributed by atoms with Gasteiger partial charge in [0.05, 0.1) is 0 Å². The lowest BCUT2D eigenvalue weighted by Crippen LogP contribution is -2.42. The normalized spacial score (nSPS) is 11.4. The van der Waals surface area contributed by atoms with Gasteiger partial charge in [-0.25, -0.2) is 4.79 Å². The van der Waals surface area contributed by atoms with Crippen molar-refractivity contribution in [3.8, 4) is 0 Å². The van der Waals surface area contributed by atoms with E-state index in [0.717, 1.165) is 5.56 Å². The number of amides is 1. The van der Waals surface area contributed by atoms with Gasteiger partial charge in [-0.3, -0.25) is 4.79 Å². The summed E-state index contributed by atoms with van der Waals surface area (Å²) >= 11 is 5.82. The van der Waals surface area contributed by atoms with Crippen molar-refractivity contribution in [3.63, 3.8) is 0 Å². The van der Waals surface area contributed by atoms with E-state index in [0.29, 0.717) is 5.02 Å². The maximum absolute atomic E-state index is 11.5. The fourth-order valence-corrected chi connectivity index (χ4v) is 1.61. The summed E-state index contributed by atoms with van der Waals surface area (Å²) in [5.74, 6) is -0.906. The Morgan fingerprint density at radius 2 is 2.05 bits per heavy atom. The van der Waals surface area contributed by atoms with Gasteiger partial charge in [0.25, 0.3) is 5.91 Å². The van der Waals surface area contributed by atoms with E-state index >= 15 is 0 Å². The van der Waals surface area contributed by atoms with E-state index in [2.05, 4.69) is 5.32 Å². The van der Waals surface area contributed by atoms with Crippen LogP contribution in [0.4, 0.5) is 0 Å². The first-order valence-corrected chi connectivity index (χ1v) is 6.55. The number of hydrogen-bond acceptors (Lipinski definition) is 3. The average molecular weight is 296 g/mol. The third-order valence-electron chi connectivity index (χ3n) is 2.12. The second-order valence-electron chi connectivity index (χ2n) is 5.29. The van der Waals surface area contributed by atoms with Gasteiger partial charge in [-0.15, -0.1) is 0 Å². The maximum atomic E-state index is 11.5. The highest BCUT2D eigenvalue weighted by Crippen LogP contribution is 2.11. The predicted molar refractivity (Wildman–Crippen MR) is 79.3 cm³/mol. The summed E-state index contributed by atoms with van der Waals surface area (Å²) in [7, 11) is 0. The number of carbonyl (C=O) groups is 2. The zero-order valence-electron chi connectivity index (χ0n) is 11.8. The molecule has 0 aliphatic carbocycles. The average Bonchev–Trinajstić information content (AvgIpc) is 2.32. The molecule has 0 bridgehead atoms. The minimum Gasteiger partial charge on any atom is -0.452 e. The summed E-state index contributed by atoms with van der Waals surface area (Å²) in [6.45, 7) is 5.26. The molecule has 0 aromatic heterocycles. The second kappa shape index (κ2) is 7.10. The number of rotatable bonds is 4. The molecule has 108 valence electrons. The number of benzene rings is 1. The third-order valence-corrected chi connectivity index (χ3v) is 2.36. The molecular formula is C15H18ClNO3. The highest BCUT2D eigenvalue weighted by atomic mass is 35.5. The number of carbonyl (C=O) groups excluding carboxylic acids is 2. The fourth-order valence-electron chi connectivity index (χ4n) is 1.41. The van der Waals surface area contributed by atoms with Gasteiger partial charge >= 0.3 is 5.97 Å². The summed E-state index contributed by atoms with van der Waals surface area (Å²) in [6.07, 6.45) is 2.84. The minimum atomic E-state index is -0.575. The molecule has 5 heteroatoms. The highest BCUT2D eigenvalue weighted by Gasteiger charge is 2.14. The molecule has 1 rings (SSSR count). The highest BCUT2D eigenvalue weighted by molar-refractivity contribution is 6.30. The Labute approximate surface area is 123 Å². The van der Waals surface area contributed by atoms with Crippen LogP contribution in [0.2, 0.25) is 5.02 Å². The van der Waals surface area contributed by atoms with Gasteiger partial charge in [0, 0.05) is 16.6 Å². The van der Waals surface area contributed by atoms with Crippen LogP contribution in [-0.2, 0) is 14.3 Å². The zero-order chi connectivity index (χ0) is 15.2. The van der Waals surface area contributed by atoms with E-state index in [1.54, 1.807) is 24.3 Å². The summed E-state index contributed by atoms with van der Waals surface area (Å²) in [5, 5.41) is 3.29. The summed E-state index contributed by atoms with van der Waals surface area (Å²) in [6, 6.07) is 7.05. The number of hydrogen-bond donors (Lipinski definition) is 1. The van der Waals surface area contributed by atoms with Crippen LogP contribution in [0.25, 0.3) is 6.08 Å². The van der Waals surface area contributed by atoms with E-state index in [1.807, 2.05) is 26.8 Å². The molecule has 0 saturated heterocycles. The van der Waals surface area contributed by atoms with Crippen LogP contribution in [0, 0.1) is 0 Å². The van der Waals surface area contributed by atoms with E-state index in [1.165, 1.54) is 6.08 Å². The Bertz CT molecular complexity index is 518. The molecule has 0 heterocycles. The van der Waals surface area contributed by atoms with Crippen molar-refractivity contribution in [1.82, 2.24) is 5.32 Å². The molecule has 0 atom stereocenters. The molecule has 0 saturated carbocycles. The zero-order valence-corrected chi connectivity index (χ0v) is 12.5. The number of esters is 1. The molecule has 1 aromatic carbocycles. The molecule has 1 N–H and O–H groups in total. The van der Waals surface area contributed by atoms with Crippen LogP contribution in [0.3, 0.4) is 0 Å². The van der Waals surface area contributed by atoms with Crippen molar-refractivity contribution >= 4 is 29.6 Å². The van der Waals surface area contributed by atoms with Gasteiger partial charge in [0.2, 0.25) is 0 Å². The van der Waals surface area contributed by atoms with Crippen molar-refractivity contribution in [3.05, 3.63) is 40.9 Å². The van der Waals surface area contributed by atoms with Gasteiger partial charge in [0.1, 0.15) is 0 Å². The SMILES string of the molecule is CC(C)(C)NC(=O)COC(=O)C=Cc1cccc(Cl)c1. The molecule has 0 spiro atoms. The first kappa shape index (κ1) is 16.2. The molecular weight excluding hydrogens is 278 g/mol. The van der Waals surface area contributed by atoms with Crippen LogP contribution in [0.1, 0.15) is 26.3 Å². The molecule has 0 aliphatic heterocycles. The Morgan fingerprint density at radius 1 is 1.35 bits per heavy atom. The Hall–Kier alpha value is -1.81. The van der Waals surface area contributed by atoms with Crippen molar-refractivity contribution in [2.45, 2.75) is 26.3 Å². The maximum Gasteiger partial charge on any atom is 0.331 e. The van der Waals surface area contributed by atoms with E-state index in [4.69, 9.17) is 16.3 Å². The quantitative estimate of drug-likeness (QED) is 0.686. The molecule has 0 radical (unpaired) electrons.